The van der Waals surface area contributed by atoms with Crippen molar-refractivity contribution in [2.24, 2.45) is 5.92 Å². The van der Waals surface area contributed by atoms with E-state index in [1.54, 1.807) is 24.3 Å². The molecule has 0 radical (unpaired) electrons. The molecule has 0 saturated carbocycles. The van der Waals surface area contributed by atoms with E-state index < -0.39 is 29.0 Å². The molecule has 1 fully saturated rings. The number of H-pyrrole nitrogens is 1. The van der Waals surface area contributed by atoms with E-state index in [1.807, 2.05) is 30.3 Å². The van der Waals surface area contributed by atoms with Crippen LogP contribution in [0.2, 0.25) is 0 Å². The third-order valence-electron chi connectivity index (χ3n) is 5.98. The monoisotopic (exact) mass is 491 g/mol. The summed E-state index contributed by atoms with van der Waals surface area (Å²) >= 11 is 0. The molecule has 1 aliphatic heterocycles. The van der Waals surface area contributed by atoms with Gasteiger partial charge in [-0.1, -0.05) is 42.5 Å². The van der Waals surface area contributed by atoms with Gasteiger partial charge in [-0.15, -0.1) is 0 Å². The second-order valence-electron chi connectivity index (χ2n) is 8.36. The Bertz CT molecular complexity index is 1330. The van der Waals surface area contributed by atoms with Crippen LogP contribution in [0.15, 0.2) is 59.4 Å². The Morgan fingerprint density at radius 2 is 1.69 bits per heavy atom. The maximum Gasteiger partial charge on any atom is 0.407 e. The molecule has 36 heavy (non-hydrogen) atoms. The van der Waals surface area contributed by atoms with E-state index in [9.17, 15) is 24.3 Å². The molecule has 3 amide bonds. The van der Waals surface area contributed by atoms with Crippen LogP contribution in [0.3, 0.4) is 0 Å². The van der Waals surface area contributed by atoms with Crippen LogP contribution < -0.4 is 16.2 Å². The topological polar surface area (TPSA) is 165 Å². The van der Waals surface area contributed by atoms with Crippen molar-refractivity contribution in [1.82, 2.24) is 20.2 Å². The summed E-state index contributed by atoms with van der Waals surface area (Å²) in [6.45, 7) is 0.711. The van der Waals surface area contributed by atoms with Crippen LogP contribution >= 0.6 is 0 Å². The lowest BCUT2D eigenvalue weighted by molar-refractivity contribution is -0.121. The number of nitrogens with zero attached hydrogens (tertiary/aromatic N) is 2. The Labute approximate surface area is 205 Å². The first-order valence-electron chi connectivity index (χ1n) is 11.4. The number of aromatic nitrogens is 2. The van der Waals surface area contributed by atoms with E-state index in [0.29, 0.717) is 24.1 Å². The predicted molar refractivity (Wildman–Crippen MR) is 131 cm³/mol. The number of benzene rings is 2. The number of aromatic amines is 1. The van der Waals surface area contributed by atoms with Gasteiger partial charge in [0.15, 0.2) is 5.69 Å². The highest BCUT2D eigenvalue weighted by Gasteiger charge is 2.28. The van der Waals surface area contributed by atoms with Crippen molar-refractivity contribution in [3.8, 4) is 17.1 Å². The summed E-state index contributed by atoms with van der Waals surface area (Å²) < 4.78 is 0. The van der Waals surface area contributed by atoms with Gasteiger partial charge in [-0.05, 0) is 30.5 Å². The van der Waals surface area contributed by atoms with Crippen molar-refractivity contribution in [1.29, 1.82) is 0 Å². The van der Waals surface area contributed by atoms with E-state index in [-0.39, 0.29) is 37.3 Å². The van der Waals surface area contributed by atoms with E-state index in [0.717, 1.165) is 5.56 Å². The van der Waals surface area contributed by atoms with Gasteiger partial charge in [-0.3, -0.25) is 14.4 Å². The minimum Gasteiger partial charge on any atom is -0.501 e. The fourth-order valence-corrected chi connectivity index (χ4v) is 3.98. The van der Waals surface area contributed by atoms with Crippen LogP contribution in [-0.2, 0) is 11.3 Å². The third kappa shape index (κ3) is 5.52. The van der Waals surface area contributed by atoms with Crippen LogP contribution in [0, 0.1) is 5.92 Å². The zero-order chi connectivity index (χ0) is 25.7. The number of nitrogens with one attached hydrogen (secondary N) is 3. The smallest absolute Gasteiger partial charge is 0.407 e. The number of hydrogen-bond acceptors (Lipinski definition) is 6. The third-order valence-corrected chi connectivity index (χ3v) is 5.98. The fraction of sp³-hybridized carbons (Fsp3) is 0.240. The van der Waals surface area contributed by atoms with Crippen LogP contribution in [0.5, 0.6) is 5.75 Å². The molecule has 0 bridgehead atoms. The van der Waals surface area contributed by atoms with Gasteiger partial charge >= 0.3 is 6.09 Å². The first-order valence-corrected chi connectivity index (χ1v) is 11.4. The molecule has 4 rings (SSSR count). The van der Waals surface area contributed by atoms with E-state index in [4.69, 9.17) is 5.11 Å². The predicted octanol–water partition coefficient (Wildman–Crippen LogP) is 2.40. The number of carboxylic acid groups (broad SMARTS) is 1. The van der Waals surface area contributed by atoms with Gasteiger partial charge in [-0.2, -0.15) is 0 Å². The highest BCUT2D eigenvalue weighted by atomic mass is 16.4. The highest BCUT2D eigenvalue weighted by molar-refractivity contribution is 5.97. The maximum absolute atomic E-state index is 12.9. The number of piperidine rings is 1. The molecule has 5 N–H and O–H groups in total. The van der Waals surface area contributed by atoms with Gasteiger partial charge in [0.1, 0.15) is 5.82 Å². The lowest BCUT2D eigenvalue weighted by atomic mass is 9.96. The molecule has 11 heteroatoms. The van der Waals surface area contributed by atoms with E-state index in [1.165, 1.54) is 4.90 Å². The first kappa shape index (κ1) is 24.5. The van der Waals surface area contributed by atoms with Crippen LogP contribution in [-0.4, -0.2) is 56.1 Å². The summed E-state index contributed by atoms with van der Waals surface area (Å²) in [5.74, 6) is -2.19. The number of para-hydroxylation sites is 1. The second kappa shape index (κ2) is 10.7. The number of likely N-dealkylation sites (tertiary alicyclic amines) is 1. The average molecular weight is 492 g/mol. The van der Waals surface area contributed by atoms with Gasteiger partial charge in [0.25, 0.3) is 11.5 Å². The molecule has 3 aromatic rings. The number of rotatable bonds is 6. The van der Waals surface area contributed by atoms with E-state index in [2.05, 4.69) is 20.6 Å². The van der Waals surface area contributed by atoms with Gasteiger partial charge in [0.05, 0.1) is 5.69 Å². The van der Waals surface area contributed by atoms with Crippen molar-refractivity contribution in [2.75, 3.05) is 18.4 Å². The summed E-state index contributed by atoms with van der Waals surface area (Å²) in [5, 5.41) is 24.8. The Balaban J connectivity index is 1.54. The number of carbonyl (C=O) groups excluding carboxylic acids is 2. The Morgan fingerprint density at radius 3 is 2.39 bits per heavy atom. The van der Waals surface area contributed by atoms with Crippen LogP contribution in [0.25, 0.3) is 11.4 Å². The molecule has 0 unspecified atom stereocenters. The molecule has 11 nitrogen and oxygen atoms in total. The maximum atomic E-state index is 12.9. The Morgan fingerprint density at radius 1 is 1.03 bits per heavy atom. The zero-order valence-electron chi connectivity index (χ0n) is 19.2. The van der Waals surface area contributed by atoms with Crippen molar-refractivity contribution >= 4 is 23.6 Å². The normalized spacial score (nSPS) is 13.7. The summed E-state index contributed by atoms with van der Waals surface area (Å²) in [4.78, 5) is 57.0. The van der Waals surface area contributed by atoms with Gasteiger partial charge < -0.3 is 30.7 Å². The molecular weight excluding hydrogens is 466 g/mol. The molecule has 2 heterocycles. The largest absolute Gasteiger partial charge is 0.501 e. The molecule has 1 aromatic heterocycles. The lowest BCUT2D eigenvalue weighted by Crippen LogP contribution is -2.40. The summed E-state index contributed by atoms with van der Waals surface area (Å²) in [5.41, 5.74) is 0.201. The number of amides is 3. The van der Waals surface area contributed by atoms with Crippen LogP contribution in [0.1, 0.15) is 28.9 Å². The lowest BCUT2D eigenvalue weighted by Gasteiger charge is -2.29. The quantitative estimate of drug-likeness (QED) is 0.353. The molecule has 0 aliphatic carbocycles. The molecule has 1 saturated heterocycles. The zero-order valence-corrected chi connectivity index (χ0v) is 19.2. The Hall–Kier alpha value is -4.67. The highest BCUT2D eigenvalue weighted by Crippen LogP contribution is 2.27. The fourth-order valence-electron chi connectivity index (χ4n) is 3.98. The molecule has 2 aromatic carbocycles. The van der Waals surface area contributed by atoms with Crippen LogP contribution in [0.4, 0.5) is 10.5 Å². The van der Waals surface area contributed by atoms with Gasteiger partial charge in [0, 0.05) is 31.1 Å². The number of carbonyl (C=O) groups is 3. The molecular formula is C25H25N5O6. The minimum absolute atomic E-state index is 0.000687. The molecule has 0 spiro atoms. The molecule has 0 atom stereocenters. The Kier molecular flexibility index (Phi) is 7.28. The van der Waals surface area contributed by atoms with Crippen molar-refractivity contribution < 1.29 is 24.6 Å². The summed E-state index contributed by atoms with van der Waals surface area (Å²) in [6, 6.07) is 15.7. The van der Waals surface area contributed by atoms with Crippen molar-refractivity contribution in [3.63, 3.8) is 0 Å². The van der Waals surface area contributed by atoms with Gasteiger partial charge in [-0.25, -0.2) is 9.78 Å². The molecule has 1 aliphatic rings. The average Bonchev–Trinajstić information content (AvgIpc) is 2.89. The number of hydrogen-bond donors (Lipinski definition) is 5. The van der Waals surface area contributed by atoms with Gasteiger partial charge in [0.2, 0.25) is 11.7 Å². The summed E-state index contributed by atoms with van der Waals surface area (Å²) in [7, 11) is 0. The SMILES string of the molecule is O=C(NCc1ccccc1)c1nc(-c2ccccc2NC(=O)C2CCN(C(=O)O)CC2)[nH]c(=O)c1O. The summed E-state index contributed by atoms with van der Waals surface area (Å²) in [6.07, 6.45) is -0.231. The van der Waals surface area contributed by atoms with Crippen molar-refractivity contribution in [3.05, 3.63) is 76.2 Å². The standard InChI is InChI=1S/C25H25N5O6/c31-20-19(23(33)26-14-15-6-2-1-3-7-15)28-21(29-24(20)34)17-8-4-5-9-18(17)27-22(32)16-10-12-30(13-11-16)25(35)36/h1-9,16,31H,10-14H2,(H,26,33)(H,27,32)(H,35,36)(H,28,29,34). The van der Waals surface area contributed by atoms with Crippen molar-refractivity contribution in [2.45, 2.75) is 19.4 Å². The van der Waals surface area contributed by atoms with E-state index >= 15 is 0 Å². The molecule has 186 valence electrons. The number of aromatic hydroxyl groups is 1. The minimum atomic E-state index is -1.01. The first-order chi connectivity index (χ1) is 17.3. The number of anilines is 1. The second-order valence-corrected chi connectivity index (χ2v) is 8.36.